The summed E-state index contributed by atoms with van der Waals surface area (Å²) in [5.74, 6) is -0.712. The first-order chi connectivity index (χ1) is 7.70. The van der Waals surface area contributed by atoms with Crippen LogP contribution < -0.4 is 59.1 Å². The molecule has 0 rings (SSSR count). The van der Waals surface area contributed by atoms with E-state index >= 15 is 0 Å². The van der Waals surface area contributed by atoms with Gasteiger partial charge in [-0.15, -0.1) is 0 Å². The molecule has 0 amide bonds. The summed E-state index contributed by atoms with van der Waals surface area (Å²) in [4.78, 5) is 21.4. The minimum atomic E-state index is -5.17. The van der Waals surface area contributed by atoms with Gasteiger partial charge in [-0.05, 0) is 13.8 Å². The van der Waals surface area contributed by atoms with E-state index in [2.05, 4.69) is 9.47 Å². The fourth-order valence-electron chi connectivity index (χ4n) is 0.670. The maximum atomic E-state index is 10.7. The predicted octanol–water partition coefficient (Wildman–Crippen LogP) is -6.44. The molecule has 0 radical (unpaired) electrons. The van der Waals surface area contributed by atoms with Crippen LogP contribution >= 0.6 is 0 Å². The van der Waals surface area contributed by atoms with Crippen LogP contribution in [-0.2, 0) is 29.5 Å². The Bertz CT molecular complexity index is 304. The minimum absolute atomic E-state index is 0. The molecule has 19 heavy (non-hydrogen) atoms. The number of carbonyl (C=O) groups excluding carboxylic acids is 2. The number of esters is 2. The van der Waals surface area contributed by atoms with Gasteiger partial charge in [-0.25, -0.2) is 0 Å². The Morgan fingerprint density at radius 2 is 1.11 bits per heavy atom. The fraction of sp³-hybridized carbons (Fsp3) is 0.750. The molecule has 0 unspecified atom stereocenters. The first kappa shape index (κ1) is 28.0. The van der Waals surface area contributed by atoms with E-state index in [0.29, 0.717) is 13.2 Å². The van der Waals surface area contributed by atoms with Gasteiger partial charge in [0.25, 0.3) is 0 Å². The monoisotopic (exact) mass is 316 g/mol. The number of carbonyl (C=O) groups is 2. The third-order valence-electron chi connectivity index (χ3n) is 1.14. The largest absolute Gasteiger partial charge is 1.00 e. The van der Waals surface area contributed by atoms with Gasteiger partial charge in [0.15, 0.2) is 0 Å². The SMILES string of the molecule is CCOC(=O)CCC(=O)OCC.O=S(=O)([O-])[O-].[Na+].[Na+]. The van der Waals surface area contributed by atoms with E-state index in [9.17, 15) is 9.59 Å². The Morgan fingerprint density at radius 1 is 0.895 bits per heavy atom. The second-order valence-corrected chi connectivity index (χ2v) is 3.33. The van der Waals surface area contributed by atoms with E-state index in [1.54, 1.807) is 13.8 Å². The van der Waals surface area contributed by atoms with Gasteiger partial charge in [0.2, 0.25) is 0 Å². The van der Waals surface area contributed by atoms with Gasteiger partial charge in [0.1, 0.15) is 0 Å². The first-order valence-electron chi connectivity index (χ1n) is 4.68. The molecule has 0 aromatic rings. The smallest absolute Gasteiger partial charge is 0.759 e. The maximum absolute atomic E-state index is 10.7. The van der Waals surface area contributed by atoms with Crippen molar-refractivity contribution in [2.45, 2.75) is 26.7 Å². The molecule has 0 spiro atoms. The number of ether oxygens (including phenoxy) is 2. The van der Waals surface area contributed by atoms with Crippen molar-refractivity contribution in [1.29, 1.82) is 0 Å². The summed E-state index contributed by atoms with van der Waals surface area (Å²) in [6, 6.07) is 0. The normalized spacial score (nSPS) is 8.84. The van der Waals surface area contributed by atoms with Gasteiger partial charge in [0, 0.05) is 10.4 Å². The van der Waals surface area contributed by atoms with Gasteiger partial charge in [0.05, 0.1) is 26.1 Å². The third-order valence-corrected chi connectivity index (χ3v) is 1.14. The summed E-state index contributed by atoms with van der Waals surface area (Å²) >= 11 is 0. The topological polar surface area (TPSA) is 133 Å². The van der Waals surface area contributed by atoms with Crippen molar-refractivity contribution < 1.29 is 95.7 Å². The van der Waals surface area contributed by atoms with Crippen LogP contribution in [0.2, 0.25) is 0 Å². The van der Waals surface area contributed by atoms with Crippen LogP contribution in [0, 0.1) is 0 Å². The van der Waals surface area contributed by atoms with Crippen LogP contribution in [0.15, 0.2) is 0 Å². The van der Waals surface area contributed by atoms with Gasteiger partial charge < -0.3 is 18.6 Å². The zero-order valence-corrected chi connectivity index (χ0v) is 16.3. The quantitative estimate of drug-likeness (QED) is 0.212. The molecule has 0 fully saturated rings. The Hall–Kier alpha value is 0.810. The Kier molecular flexibility index (Phi) is 24.9. The molecule has 0 aromatic heterocycles. The zero-order chi connectivity index (χ0) is 13.9. The van der Waals surface area contributed by atoms with Crippen LogP contribution in [0.3, 0.4) is 0 Å². The van der Waals surface area contributed by atoms with Crippen LogP contribution in [0.5, 0.6) is 0 Å². The molecule has 0 N–H and O–H groups in total. The fourth-order valence-corrected chi connectivity index (χ4v) is 0.670. The Balaban J connectivity index is -0.000000139. The van der Waals surface area contributed by atoms with Crippen molar-refractivity contribution >= 4 is 22.3 Å². The second-order valence-electron chi connectivity index (χ2n) is 2.52. The molecule has 0 bridgehead atoms. The van der Waals surface area contributed by atoms with Gasteiger partial charge in [-0.1, -0.05) is 0 Å². The van der Waals surface area contributed by atoms with E-state index in [-0.39, 0.29) is 83.9 Å². The molecule has 102 valence electrons. The second kappa shape index (κ2) is 16.9. The maximum Gasteiger partial charge on any atom is 1.00 e. The zero-order valence-electron chi connectivity index (χ0n) is 11.5. The van der Waals surface area contributed by atoms with E-state index < -0.39 is 10.4 Å². The molecule has 0 aromatic carbocycles. The van der Waals surface area contributed by atoms with Crippen molar-refractivity contribution in [3.63, 3.8) is 0 Å². The summed E-state index contributed by atoms with van der Waals surface area (Å²) in [5.41, 5.74) is 0. The van der Waals surface area contributed by atoms with Crippen molar-refractivity contribution in [1.82, 2.24) is 0 Å². The van der Waals surface area contributed by atoms with Crippen LogP contribution in [0.4, 0.5) is 0 Å². The van der Waals surface area contributed by atoms with Gasteiger partial charge >= 0.3 is 71.1 Å². The summed E-state index contributed by atoms with van der Waals surface area (Å²) in [5, 5.41) is 0. The number of hydrogen-bond donors (Lipinski definition) is 0. The number of hydrogen-bond acceptors (Lipinski definition) is 8. The van der Waals surface area contributed by atoms with Crippen molar-refractivity contribution in [3.8, 4) is 0 Å². The van der Waals surface area contributed by atoms with Crippen LogP contribution in [-0.4, -0.2) is 42.7 Å². The van der Waals surface area contributed by atoms with E-state index in [0.717, 1.165) is 0 Å². The molecule has 0 saturated heterocycles. The summed E-state index contributed by atoms with van der Waals surface area (Å²) in [6.07, 6.45) is 0.208. The molecule has 0 aliphatic carbocycles. The standard InChI is InChI=1S/C8H14O4.2Na.H2O4S/c1-3-11-7(9)5-6-8(10)12-4-2;;;1-5(2,3)4/h3-6H2,1-2H3;;;(H2,1,2,3,4)/q;2*+1;/p-2. The molecular weight excluding hydrogens is 302 g/mol. The minimum Gasteiger partial charge on any atom is -0.759 e. The summed E-state index contributed by atoms with van der Waals surface area (Å²) < 4.78 is 43.3. The molecule has 0 aliphatic heterocycles. The average molecular weight is 316 g/mol. The molecule has 11 heteroatoms. The van der Waals surface area contributed by atoms with E-state index in [4.69, 9.17) is 17.5 Å². The van der Waals surface area contributed by atoms with Crippen molar-refractivity contribution in [2.24, 2.45) is 0 Å². The summed E-state index contributed by atoms with van der Waals surface area (Å²) in [6.45, 7) is 4.15. The van der Waals surface area contributed by atoms with Crippen LogP contribution in [0.25, 0.3) is 0 Å². The Morgan fingerprint density at radius 3 is 1.26 bits per heavy atom. The molecule has 0 saturated carbocycles. The molecule has 0 aliphatic rings. The van der Waals surface area contributed by atoms with Gasteiger partial charge in [-0.2, -0.15) is 0 Å². The third kappa shape index (κ3) is 38.1. The average Bonchev–Trinajstić information content (AvgIpc) is 2.13. The van der Waals surface area contributed by atoms with E-state index in [1.807, 2.05) is 0 Å². The predicted molar refractivity (Wildman–Crippen MR) is 53.0 cm³/mol. The van der Waals surface area contributed by atoms with E-state index in [1.165, 1.54) is 0 Å². The summed E-state index contributed by atoms with van der Waals surface area (Å²) in [7, 11) is -5.17. The Labute approximate surface area is 156 Å². The van der Waals surface area contributed by atoms with Gasteiger partial charge in [-0.3, -0.25) is 18.0 Å². The van der Waals surface area contributed by atoms with Crippen LogP contribution in [0.1, 0.15) is 26.7 Å². The molecule has 0 atom stereocenters. The molecular formula is C8H14Na2O8S. The number of rotatable bonds is 5. The molecule has 0 heterocycles. The first-order valence-corrected chi connectivity index (χ1v) is 6.02. The van der Waals surface area contributed by atoms with Crippen molar-refractivity contribution in [2.75, 3.05) is 13.2 Å². The van der Waals surface area contributed by atoms with Crippen molar-refractivity contribution in [3.05, 3.63) is 0 Å². The molecule has 8 nitrogen and oxygen atoms in total.